The minimum Gasteiger partial charge on any atom is -0.478 e. The third-order valence-corrected chi connectivity index (χ3v) is 5.12. The summed E-state index contributed by atoms with van der Waals surface area (Å²) in [5.41, 5.74) is 2.26. The van der Waals surface area contributed by atoms with E-state index in [2.05, 4.69) is 22.1 Å². The average Bonchev–Trinajstić information content (AvgIpc) is 2.69. The third-order valence-electron chi connectivity index (χ3n) is 4.41. The maximum Gasteiger partial charge on any atom is 0.339 e. The van der Waals surface area contributed by atoms with E-state index >= 15 is 0 Å². The molecule has 7 heteroatoms. The molecule has 0 atom stereocenters. The zero-order valence-corrected chi connectivity index (χ0v) is 16.8. The first-order valence-corrected chi connectivity index (χ1v) is 9.48. The molecule has 0 aliphatic rings. The van der Waals surface area contributed by atoms with Crippen LogP contribution in [-0.4, -0.2) is 34.6 Å². The highest BCUT2D eigenvalue weighted by Gasteiger charge is 2.18. The van der Waals surface area contributed by atoms with Gasteiger partial charge in [0.2, 0.25) is 5.95 Å². The van der Waals surface area contributed by atoms with Gasteiger partial charge in [-0.25, -0.2) is 14.8 Å². The summed E-state index contributed by atoms with van der Waals surface area (Å²) in [5.74, 6) is -0.629. The van der Waals surface area contributed by atoms with E-state index in [1.807, 2.05) is 30.1 Å². The number of likely N-dealkylation sites (N-methyl/N-ethyl adjacent to an activating group) is 1. The molecule has 0 spiro atoms. The van der Waals surface area contributed by atoms with Gasteiger partial charge in [0.05, 0.1) is 11.3 Å². The van der Waals surface area contributed by atoms with Gasteiger partial charge < -0.3 is 10.0 Å². The number of aromatic nitrogens is 2. The molecule has 2 aromatic carbocycles. The lowest BCUT2D eigenvalue weighted by molar-refractivity contribution is 0.0695. The number of nitrogens with zero attached hydrogens (tertiary/aromatic N) is 3. The summed E-state index contributed by atoms with van der Waals surface area (Å²) >= 11 is 12.5. The molecule has 1 N–H and O–H groups in total. The second-order valence-electron chi connectivity index (χ2n) is 6.37. The molecule has 5 nitrogen and oxygen atoms in total. The summed E-state index contributed by atoms with van der Waals surface area (Å²) < 4.78 is 0. The van der Waals surface area contributed by atoms with E-state index < -0.39 is 5.97 Å². The molecule has 0 unspecified atom stereocenters. The van der Waals surface area contributed by atoms with Crippen LogP contribution < -0.4 is 4.90 Å². The summed E-state index contributed by atoms with van der Waals surface area (Å²) in [5, 5.41) is 10.5. The Morgan fingerprint density at radius 3 is 2.39 bits per heavy atom. The van der Waals surface area contributed by atoms with Crippen molar-refractivity contribution in [3.63, 3.8) is 0 Å². The number of halogens is 2. The van der Waals surface area contributed by atoms with Gasteiger partial charge in [0, 0.05) is 36.3 Å². The molecule has 0 aliphatic heterocycles. The van der Waals surface area contributed by atoms with Gasteiger partial charge in [-0.05, 0) is 29.7 Å². The molecule has 0 aliphatic carbocycles. The average molecular weight is 416 g/mol. The highest BCUT2D eigenvalue weighted by Crippen LogP contribution is 2.27. The topological polar surface area (TPSA) is 66.3 Å². The Morgan fingerprint density at radius 2 is 1.75 bits per heavy atom. The van der Waals surface area contributed by atoms with Crippen molar-refractivity contribution in [3.8, 4) is 0 Å². The van der Waals surface area contributed by atoms with Gasteiger partial charge in [-0.1, -0.05) is 59.6 Å². The highest BCUT2D eigenvalue weighted by molar-refractivity contribution is 6.36. The number of carbonyl (C=O) groups is 1. The number of aromatic carboxylic acids is 1. The van der Waals surface area contributed by atoms with Crippen molar-refractivity contribution < 1.29 is 9.90 Å². The molecule has 0 saturated carbocycles. The number of hydrogen-bond acceptors (Lipinski definition) is 4. The van der Waals surface area contributed by atoms with E-state index in [1.54, 1.807) is 18.2 Å². The van der Waals surface area contributed by atoms with Crippen LogP contribution in [0.5, 0.6) is 0 Å². The van der Waals surface area contributed by atoms with Crippen LogP contribution in [0.15, 0.2) is 54.7 Å². The van der Waals surface area contributed by atoms with Crippen LogP contribution in [0.4, 0.5) is 5.95 Å². The predicted molar refractivity (Wildman–Crippen MR) is 112 cm³/mol. The van der Waals surface area contributed by atoms with Gasteiger partial charge in [0.1, 0.15) is 0 Å². The van der Waals surface area contributed by atoms with Crippen LogP contribution in [0.1, 0.15) is 27.2 Å². The van der Waals surface area contributed by atoms with Gasteiger partial charge in [0.25, 0.3) is 0 Å². The molecule has 1 heterocycles. The van der Waals surface area contributed by atoms with E-state index in [9.17, 15) is 9.90 Å². The fourth-order valence-electron chi connectivity index (χ4n) is 2.81. The number of hydrogen-bond donors (Lipinski definition) is 1. The van der Waals surface area contributed by atoms with E-state index in [-0.39, 0.29) is 12.0 Å². The minimum atomic E-state index is -1.09. The van der Waals surface area contributed by atoms with Crippen molar-refractivity contribution in [2.75, 3.05) is 18.5 Å². The van der Waals surface area contributed by atoms with E-state index in [0.29, 0.717) is 33.8 Å². The number of anilines is 1. The second-order valence-corrected chi connectivity index (χ2v) is 7.18. The SMILES string of the molecule is CN(CCc1ccccc1)c1ncc(C(=O)O)c(Cc2c(Cl)cccc2Cl)n1. The zero-order valence-electron chi connectivity index (χ0n) is 15.3. The normalized spacial score (nSPS) is 10.7. The number of carboxylic acid groups (broad SMARTS) is 1. The quantitative estimate of drug-likeness (QED) is 0.602. The predicted octanol–water partition coefficient (Wildman–Crippen LogP) is 4.75. The Labute approximate surface area is 173 Å². The minimum absolute atomic E-state index is 0.0381. The molecule has 0 bridgehead atoms. The molecule has 3 aromatic rings. The van der Waals surface area contributed by atoms with Gasteiger partial charge >= 0.3 is 5.97 Å². The fourth-order valence-corrected chi connectivity index (χ4v) is 3.35. The molecule has 0 radical (unpaired) electrons. The maximum atomic E-state index is 11.6. The Kier molecular flexibility index (Phi) is 6.49. The molecule has 0 fully saturated rings. The van der Waals surface area contributed by atoms with Crippen molar-refractivity contribution >= 4 is 35.1 Å². The molecule has 3 rings (SSSR count). The Balaban J connectivity index is 1.85. The standard InChI is InChI=1S/C21H19Cl2N3O2/c1-26(11-10-14-6-3-2-4-7-14)21-24-13-16(20(27)28)19(25-21)12-15-17(22)8-5-9-18(15)23/h2-9,13H,10-12H2,1H3,(H,27,28). The second kappa shape index (κ2) is 9.04. The maximum absolute atomic E-state index is 11.6. The molecular formula is C21H19Cl2N3O2. The first kappa shape index (κ1) is 20.1. The third kappa shape index (κ3) is 4.80. The molecule has 0 saturated heterocycles. The Morgan fingerprint density at radius 1 is 1.07 bits per heavy atom. The van der Waals surface area contributed by atoms with Crippen LogP contribution >= 0.6 is 23.2 Å². The summed E-state index contributed by atoms with van der Waals surface area (Å²) in [6.45, 7) is 0.697. The van der Waals surface area contributed by atoms with Gasteiger partial charge in [-0.3, -0.25) is 0 Å². The lowest BCUT2D eigenvalue weighted by atomic mass is 10.1. The molecule has 144 valence electrons. The Hall–Kier alpha value is -2.63. The van der Waals surface area contributed by atoms with Crippen molar-refractivity contribution in [2.45, 2.75) is 12.8 Å². The molecular weight excluding hydrogens is 397 g/mol. The van der Waals surface area contributed by atoms with Crippen molar-refractivity contribution in [1.29, 1.82) is 0 Å². The van der Waals surface area contributed by atoms with Crippen LogP contribution in [0.3, 0.4) is 0 Å². The van der Waals surface area contributed by atoms with Gasteiger partial charge in [-0.2, -0.15) is 0 Å². The van der Waals surface area contributed by atoms with Crippen LogP contribution in [0.25, 0.3) is 0 Å². The molecule has 1 aromatic heterocycles. The van der Waals surface area contributed by atoms with E-state index in [4.69, 9.17) is 23.2 Å². The van der Waals surface area contributed by atoms with Crippen molar-refractivity contribution in [1.82, 2.24) is 9.97 Å². The smallest absolute Gasteiger partial charge is 0.339 e. The molecule has 28 heavy (non-hydrogen) atoms. The van der Waals surface area contributed by atoms with E-state index in [0.717, 1.165) is 6.42 Å². The summed E-state index contributed by atoms with van der Waals surface area (Å²) in [6, 6.07) is 15.3. The summed E-state index contributed by atoms with van der Waals surface area (Å²) in [4.78, 5) is 22.2. The summed E-state index contributed by atoms with van der Waals surface area (Å²) in [7, 11) is 1.88. The lowest BCUT2D eigenvalue weighted by Gasteiger charge is -2.18. The monoisotopic (exact) mass is 415 g/mol. The first-order chi connectivity index (χ1) is 13.5. The number of benzene rings is 2. The molecule has 0 amide bonds. The highest BCUT2D eigenvalue weighted by atomic mass is 35.5. The van der Waals surface area contributed by atoms with Crippen LogP contribution in [0, 0.1) is 0 Å². The fraction of sp³-hybridized carbons (Fsp3) is 0.190. The zero-order chi connectivity index (χ0) is 20.1. The van der Waals surface area contributed by atoms with Gasteiger partial charge in [-0.15, -0.1) is 0 Å². The number of carboxylic acids is 1. The van der Waals surface area contributed by atoms with Gasteiger partial charge in [0.15, 0.2) is 0 Å². The van der Waals surface area contributed by atoms with Crippen LogP contribution in [0.2, 0.25) is 10.0 Å². The first-order valence-electron chi connectivity index (χ1n) is 8.73. The number of rotatable bonds is 7. The largest absolute Gasteiger partial charge is 0.478 e. The Bertz CT molecular complexity index is 960. The van der Waals surface area contributed by atoms with Crippen molar-refractivity contribution in [2.24, 2.45) is 0 Å². The van der Waals surface area contributed by atoms with Crippen LogP contribution in [-0.2, 0) is 12.8 Å². The lowest BCUT2D eigenvalue weighted by Crippen LogP contribution is -2.24. The van der Waals surface area contributed by atoms with E-state index in [1.165, 1.54) is 11.8 Å². The summed E-state index contributed by atoms with van der Waals surface area (Å²) in [6.07, 6.45) is 2.37. The van der Waals surface area contributed by atoms with Crippen molar-refractivity contribution in [3.05, 3.63) is 87.2 Å².